The van der Waals surface area contributed by atoms with Crippen molar-refractivity contribution < 1.29 is 0 Å². The number of hydrogen-bond donors (Lipinski definition) is 0. The lowest BCUT2D eigenvalue weighted by atomic mass is 10.0. The SMILES string of the molecule is Cc1cc(C)c(-n2c3ccsc3c3sccc32)c(C)c1. The minimum atomic E-state index is 1.33. The Hall–Kier alpha value is -1.58. The van der Waals surface area contributed by atoms with E-state index in [1.165, 1.54) is 42.8 Å². The van der Waals surface area contributed by atoms with E-state index < -0.39 is 0 Å². The van der Waals surface area contributed by atoms with Crippen LogP contribution in [-0.4, -0.2) is 4.57 Å². The molecule has 0 radical (unpaired) electrons. The molecule has 0 N–H and O–H groups in total. The molecular weight excluding hydrogens is 282 g/mol. The third-order valence-electron chi connectivity index (χ3n) is 3.84. The summed E-state index contributed by atoms with van der Waals surface area (Å²) >= 11 is 3.68. The van der Waals surface area contributed by atoms with Gasteiger partial charge in [-0.1, -0.05) is 17.7 Å². The van der Waals surface area contributed by atoms with E-state index in [1.807, 2.05) is 22.7 Å². The molecule has 0 aliphatic heterocycles. The first-order valence-electron chi connectivity index (χ1n) is 6.70. The van der Waals surface area contributed by atoms with Gasteiger partial charge in [-0.15, -0.1) is 22.7 Å². The van der Waals surface area contributed by atoms with Crippen LogP contribution in [0.4, 0.5) is 0 Å². The number of benzene rings is 1. The fraction of sp³-hybridized carbons (Fsp3) is 0.176. The quantitative estimate of drug-likeness (QED) is 0.416. The summed E-state index contributed by atoms with van der Waals surface area (Å²) in [7, 11) is 0. The maximum Gasteiger partial charge on any atom is 0.0704 e. The topological polar surface area (TPSA) is 4.93 Å². The van der Waals surface area contributed by atoms with Gasteiger partial charge < -0.3 is 4.57 Å². The highest BCUT2D eigenvalue weighted by Gasteiger charge is 2.16. The highest BCUT2D eigenvalue weighted by Crippen LogP contribution is 2.39. The summed E-state index contributed by atoms with van der Waals surface area (Å²) in [6.45, 7) is 6.59. The first-order chi connectivity index (χ1) is 9.66. The van der Waals surface area contributed by atoms with Crippen molar-refractivity contribution in [2.24, 2.45) is 0 Å². The Kier molecular flexibility index (Phi) is 2.56. The Labute approximate surface area is 126 Å². The molecule has 0 aliphatic carbocycles. The third-order valence-corrected chi connectivity index (χ3v) is 5.81. The monoisotopic (exact) mass is 297 g/mol. The van der Waals surface area contributed by atoms with Crippen LogP contribution in [0.15, 0.2) is 35.0 Å². The van der Waals surface area contributed by atoms with Crippen LogP contribution in [0.1, 0.15) is 16.7 Å². The van der Waals surface area contributed by atoms with Crippen LogP contribution in [-0.2, 0) is 0 Å². The summed E-state index contributed by atoms with van der Waals surface area (Å²) in [6.07, 6.45) is 0. The molecule has 0 spiro atoms. The van der Waals surface area contributed by atoms with Crippen molar-refractivity contribution in [3.8, 4) is 5.69 Å². The van der Waals surface area contributed by atoms with Gasteiger partial charge in [0.25, 0.3) is 0 Å². The molecule has 1 aromatic carbocycles. The van der Waals surface area contributed by atoms with Crippen LogP contribution in [0.5, 0.6) is 0 Å². The van der Waals surface area contributed by atoms with Crippen LogP contribution in [0.2, 0.25) is 0 Å². The van der Waals surface area contributed by atoms with Gasteiger partial charge in [-0.2, -0.15) is 0 Å². The molecule has 0 unspecified atom stereocenters. The maximum atomic E-state index is 2.43. The average molecular weight is 297 g/mol. The summed E-state index contributed by atoms with van der Waals surface area (Å²) in [4.78, 5) is 0. The number of thiophene rings is 2. The Morgan fingerprint density at radius 1 is 0.800 bits per heavy atom. The predicted molar refractivity (Wildman–Crippen MR) is 90.7 cm³/mol. The molecule has 0 saturated carbocycles. The van der Waals surface area contributed by atoms with E-state index in [-0.39, 0.29) is 0 Å². The van der Waals surface area contributed by atoms with Gasteiger partial charge in [-0.3, -0.25) is 0 Å². The molecule has 0 saturated heterocycles. The van der Waals surface area contributed by atoms with Crippen molar-refractivity contribution in [3.05, 3.63) is 51.7 Å². The second-order valence-corrected chi connectivity index (χ2v) is 7.18. The molecule has 3 heterocycles. The molecule has 0 aliphatic rings. The lowest BCUT2D eigenvalue weighted by Gasteiger charge is -2.14. The Balaban J connectivity index is 2.20. The molecule has 0 atom stereocenters. The zero-order valence-corrected chi connectivity index (χ0v) is 13.4. The van der Waals surface area contributed by atoms with Crippen molar-refractivity contribution in [2.75, 3.05) is 0 Å². The van der Waals surface area contributed by atoms with Crippen molar-refractivity contribution in [1.29, 1.82) is 0 Å². The van der Waals surface area contributed by atoms with Crippen LogP contribution in [0.3, 0.4) is 0 Å². The molecule has 1 nitrogen and oxygen atoms in total. The minimum absolute atomic E-state index is 1.33. The zero-order valence-electron chi connectivity index (χ0n) is 11.7. The largest absolute Gasteiger partial charge is 0.307 e. The van der Waals surface area contributed by atoms with Gasteiger partial charge >= 0.3 is 0 Å². The lowest BCUT2D eigenvalue weighted by molar-refractivity contribution is 1.11. The van der Waals surface area contributed by atoms with E-state index in [2.05, 4.69) is 60.4 Å². The fourth-order valence-corrected chi connectivity index (χ4v) is 5.13. The van der Waals surface area contributed by atoms with Gasteiger partial charge in [-0.05, 0) is 54.8 Å². The first-order valence-corrected chi connectivity index (χ1v) is 8.46. The summed E-state index contributed by atoms with van der Waals surface area (Å²) in [6, 6.07) is 9.04. The lowest BCUT2D eigenvalue weighted by Crippen LogP contribution is -2.00. The molecule has 4 rings (SSSR count). The van der Waals surface area contributed by atoms with E-state index in [1.54, 1.807) is 0 Å². The number of nitrogens with zero attached hydrogens (tertiary/aromatic N) is 1. The second-order valence-electron chi connectivity index (χ2n) is 5.35. The summed E-state index contributed by atoms with van der Waals surface area (Å²) in [5, 5.41) is 4.39. The number of hydrogen-bond acceptors (Lipinski definition) is 2. The molecule has 4 aromatic rings. The Morgan fingerprint density at radius 2 is 1.30 bits per heavy atom. The average Bonchev–Trinajstić information content (AvgIpc) is 3.04. The van der Waals surface area contributed by atoms with E-state index in [0.717, 1.165) is 0 Å². The molecule has 20 heavy (non-hydrogen) atoms. The predicted octanol–water partition coefficient (Wildman–Crippen LogP) is 5.83. The Bertz CT molecular complexity index is 866. The Morgan fingerprint density at radius 3 is 1.80 bits per heavy atom. The van der Waals surface area contributed by atoms with E-state index in [4.69, 9.17) is 0 Å². The van der Waals surface area contributed by atoms with E-state index >= 15 is 0 Å². The van der Waals surface area contributed by atoms with Crippen molar-refractivity contribution in [1.82, 2.24) is 4.57 Å². The molecular formula is C17H15NS2. The highest BCUT2D eigenvalue weighted by atomic mass is 32.1. The van der Waals surface area contributed by atoms with Gasteiger partial charge in [0, 0.05) is 0 Å². The van der Waals surface area contributed by atoms with Crippen LogP contribution < -0.4 is 0 Å². The standard InChI is InChI=1S/C17H15NS2/c1-10-8-11(2)15(12(3)9-10)18-13-4-6-19-16(13)17-14(18)5-7-20-17/h4-9H,1-3H3. The van der Waals surface area contributed by atoms with Crippen LogP contribution in [0.25, 0.3) is 26.1 Å². The fourth-order valence-electron chi connectivity index (χ4n) is 3.19. The van der Waals surface area contributed by atoms with E-state index in [9.17, 15) is 0 Å². The van der Waals surface area contributed by atoms with Crippen LogP contribution in [0, 0.1) is 20.8 Å². The van der Waals surface area contributed by atoms with Gasteiger partial charge in [0.15, 0.2) is 0 Å². The number of aromatic nitrogens is 1. The molecule has 100 valence electrons. The number of rotatable bonds is 1. The number of fused-ring (bicyclic) bond motifs is 3. The van der Waals surface area contributed by atoms with Gasteiger partial charge in [0.2, 0.25) is 0 Å². The van der Waals surface area contributed by atoms with Gasteiger partial charge in [0.1, 0.15) is 0 Å². The smallest absolute Gasteiger partial charge is 0.0704 e. The normalized spacial score (nSPS) is 11.8. The second kappa shape index (κ2) is 4.21. The maximum absolute atomic E-state index is 2.43. The van der Waals surface area contributed by atoms with Crippen LogP contribution >= 0.6 is 22.7 Å². The van der Waals surface area contributed by atoms with Crippen molar-refractivity contribution in [3.63, 3.8) is 0 Å². The molecule has 3 aromatic heterocycles. The first kappa shape index (κ1) is 12.2. The summed E-state index contributed by atoms with van der Waals surface area (Å²) in [5.41, 5.74) is 8.04. The molecule has 0 amide bonds. The summed E-state index contributed by atoms with van der Waals surface area (Å²) < 4.78 is 5.26. The van der Waals surface area contributed by atoms with Gasteiger partial charge in [-0.25, -0.2) is 0 Å². The third kappa shape index (κ3) is 1.54. The zero-order chi connectivity index (χ0) is 13.9. The molecule has 0 fully saturated rings. The summed E-state index contributed by atoms with van der Waals surface area (Å²) in [5.74, 6) is 0. The molecule has 0 bridgehead atoms. The number of aryl methyl sites for hydroxylation is 3. The minimum Gasteiger partial charge on any atom is -0.307 e. The van der Waals surface area contributed by atoms with Crippen molar-refractivity contribution in [2.45, 2.75) is 20.8 Å². The van der Waals surface area contributed by atoms with Gasteiger partial charge in [0.05, 0.1) is 26.1 Å². The van der Waals surface area contributed by atoms with E-state index in [0.29, 0.717) is 0 Å². The molecule has 3 heteroatoms. The highest BCUT2D eigenvalue weighted by molar-refractivity contribution is 7.25. The van der Waals surface area contributed by atoms with Crippen molar-refractivity contribution >= 4 is 43.1 Å².